The predicted octanol–water partition coefficient (Wildman–Crippen LogP) is 2.82. The van der Waals surface area contributed by atoms with Crippen LogP contribution in [0.3, 0.4) is 0 Å². The van der Waals surface area contributed by atoms with Crippen molar-refractivity contribution in [1.29, 1.82) is 0 Å². The summed E-state index contributed by atoms with van der Waals surface area (Å²) in [5.74, 6) is 0. The van der Waals surface area contributed by atoms with Gasteiger partial charge in [0.2, 0.25) is 0 Å². The molecular weight excluding hydrogens is 186 g/mol. The lowest BCUT2D eigenvalue weighted by Crippen LogP contribution is -2.29. The number of benzene rings is 1. The zero-order valence-electron chi connectivity index (χ0n) is 9.88. The fourth-order valence-electron chi connectivity index (χ4n) is 1.36. The third-order valence-corrected chi connectivity index (χ3v) is 2.97. The van der Waals surface area contributed by atoms with Crippen LogP contribution in [0, 0.1) is 12.3 Å². The van der Waals surface area contributed by atoms with Crippen LogP contribution >= 0.6 is 0 Å². The van der Waals surface area contributed by atoms with E-state index in [2.05, 4.69) is 44.3 Å². The maximum absolute atomic E-state index is 9.28. The van der Waals surface area contributed by atoms with Gasteiger partial charge in [0.25, 0.3) is 0 Å². The van der Waals surface area contributed by atoms with E-state index in [0.717, 1.165) is 18.7 Å². The van der Waals surface area contributed by atoms with Crippen LogP contribution < -0.4 is 5.32 Å². The van der Waals surface area contributed by atoms with Crippen LogP contribution in [-0.4, -0.2) is 18.3 Å². The summed E-state index contributed by atoms with van der Waals surface area (Å²) in [5, 5.41) is 12.6. The van der Waals surface area contributed by atoms with E-state index < -0.39 is 0 Å². The number of hydrogen-bond acceptors (Lipinski definition) is 2. The van der Waals surface area contributed by atoms with Crippen LogP contribution in [0.4, 0.5) is 5.69 Å². The summed E-state index contributed by atoms with van der Waals surface area (Å²) >= 11 is 0. The first-order chi connectivity index (χ1) is 7.09. The van der Waals surface area contributed by atoms with E-state index in [-0.39, 0.29) is 12.0 Å². The monoisotopic (exact) mass is 207 g/mol. The molecule has 1 atom stereocenters. The molecule has 0 radical (unpaired) electrons. The summed E-state index contributed by atoms with van der Waals surface area (Å²) in [4.78, 5) is 0. The maximum Gasteiger partial charge on any atom is 0.0501 e. The van der Waals surface area contributed by atoms with Crippen LogP contribution in [-0.2, 0) is 0 Å². The molecule has 1 aromatic rings. The van der Waals surface area contributed by atoms with Crippen LogP contribution in [0.2, 0.25) is 0 Å². The van der Waals surface area contributed by atoms with E-state index in [0.29, 0.717) is 0 Å². The summed E-state index contributed by atoms with van der Waals surface area (Å²) in [5.41, 5.74) is 2.36. The first-order valence-corrected chi connectivity index (χ1v) is 5.51. The molecule has 15 heavy (non-hydrogen) atoms. The molecule has 0 aliphatic heterocycles. The number of anilines is 1. The molecule has 0 saturated carbocycles. The largest absolute Gasteiger partial charge is 0.396 e. The quantitative estimate of drug-likeness (QED) is 0.778. The zero-order valence-corrected chi connectivity index (χ0v) is 9.88. The fraction of sp³-hybridized carbons (Fsp3) is 0.538. The third kappa shape index (κ3) is 3.56. The topological polar surface area (TPSA) is 32.3 Å². The van der Waals surface area contributed by atoms with E-state index >= 15 is 0 Å². The van der Waals surface area contributed by atoms with Gasteiger partial charge in [-0.3, -0.25) is 0 Å². The molecule has 0 saturated heterocycles. The minimum absolute atomic E-state index is 0.0241. The van der Waals surface area contributed by atoms with Crippen molar-refractivity contribution >= 4 is 5.69 Å². The molecule has 0 aliphatic rings. The van der Waals surface area contributed by atoms with Gasteiger partial charge < -0.3 is 10.4 Å². The molecule has 84 valence electrons. The van der Waals surface area contributed by atoms with Gasteiger partial charge in [-0.2, -0.15) is 0 Å². The van der Waals surface area contributed by atoms with Crippen LogP contribution in [0.25, 0.3) is 0 Å². The highest BCUT2D eigenvalue weighted by atomic mass is 16.3. The minimum Gasteiger partial charge on any atom is -0.396 e. The molecule has 2 nitrogen and oxygen atoms in total. The molecule has 0 heterocycles. The Labute approximate surface area is 92.3 Å². The molecule has 1 unspecified atom stereocenters. The summed E-state index contributed by atoms with van der Waals surface area (Å²) < 4.78 is 0. The van der Waals surface area contributed by atoms with Crippen molar-refractivity contribution in [1.82, 2.24) is 0 Å². The van der Waals surface area contributed by atoms with Gasteiger partial charge in [-0.05, 0) is 31.0 Å². The summed E-state index contributed by atoms with van der Waals surface area (Å²) in [6, 6.07) is 8.30. The van der Waals surface area contributed by atoms with Gasteiger partial charge in [-0.15, -0.1) is 0 Å². The van der Waals surface area contributed by atoms with Gasteiger partial charge >= 0.3 is 0 Å². The van der Waals surface area contributed by atoms with Crippen molar-refractivity contribution in [2.45, 2.75) is 27.2 Å². The Morgan fingerprint density at radius 3 is 2.67 bits per heavy atom. The Morgan fingerprint density at radius 1 is 1.40 bits per heavy atom. The van der Waals surface area contributed by atoms with Crippen LogP contribution in [0.1, 0.15) is 25.8 Å². The van der Waals surface area contributed by atoms with Crippen molar-refractivity contribution < 1.29 is 5.11 Å². The zero-order chi connectivity index (χ0) is 11.3. The van der Waals surface area contributed by atoms with Crippen molar-refractivity contribution in [3.05, 3.63) is 29.8 Å². The highest BCUT2D eigenvalue weighted by molar-refractivity contribution is 5.45. The Morgan fingerprint density at radius 2 is 2.13 bits per heavy atom. The Hall–Kier alpha value is -1.02. The second kappa shape index (κ2) is 5.17. The third-order valence-electron chi connectivity index (χ3n) is 2.97. The number of hydrogen-bond donors (Lipinski definition) is 2. The highest BCUT2D eigenvalue weighted by Crippen LogP contribution is 2.21. The molecule has 0 spiro atoms. The number of rotatable bonds is 5. The number of aryl methyl sites for hydroxylation is 1. The minimum atomic E-state index is -0.0241. The number of nitrogens with one attached hydrogen (secondary N) is 1. The van der Waals surface area contributed by atoms with Gasteiger partial charge in [-0.1, -0.05) is 26.0 Å². The summed E-state index contributed by atoms with van der Waals surface area (Å²) in [6.45, 7) is 7.31. The van der Waals surface area contributed by atoms with E-state index in [1.54, 1.807) is 0 Å². The van der Waals surface area contributed by atoms with Gasteiger partial charge in [0.15, 0.2) is 0 Å². The molecule has 0 bridgehead atoms. The lowest BCUT2D eigenvalue weighted by molar-refractivity contribution is 0.149. The fourth-order valence-corrected chi connectivity index (χ4v) is 1.36. The molecule has 1 rings (SSSR count). The van der Waals surface area contributed by atoms with Gasteiger partial charge in [0, 0.05) is 17.6 Å². The molecule has 0 aliphatic carbocycles. The lowest BCUT2D eigenvalue weighted by Gasteiger charge is -2.26. The average molecular weight is 207 g/mol. The Balaban J connectivity index is 2.56. The normalized spacial score (nSPS) is 14.7. The van der Waals surface area contributed by atoms with Gasteiger partial charge in [0.05, 0.1) is 6.61 Å². The Kier molecular flexibility index (Phi) is 4.15. The van der Waals surface area contributed by atoms with Crippen molar-refractivity contribution in [2.24, 2.45) is 5.41 Å². The van der Waals surface area contributed by atoms with E-state index in [1.807, 2.05) is 6.07 Å². The van der Waals surface area contributed by atoms with Gasteiger partial charge in [-0.25, -0.2) is 0 Å². The first kappa shape index (κ1) is 12.1. The number of aliphatic hydroxyl groups is 1. The first-order valence-electron chi connectivity index (χ1n) is 5.51. The van der Waals surface area contributed by atoms with Crippen LogP contribution in [0.15, 0.2) is 24.3 Å². The molecule has 0 fully saturated rings. The molecule has 2 N–H and O–H groups in total. The van der Waals surface area contributed by atoms with E-state index in [4.69, 9.17) is 0 Å². The number of aliphatic hydroxyl groups excluding tert-OH is 1. The highest BCUT2D eigenvalue weighted by Gasteiger charge is 2.20. The molecule has 0 amide bonds. The molecule has 1 aromatic carbocycles. The van der Waals surface area contributed by atoms with Crippen molar-refractivity contribution in [3.8, 4) is 0 Å². The predicted molar refractivity (Wildman–Crippen MR) is 65.2 cm³/mol. The van der Waals surface area contributed by atoms with Gasteiger partial charge in [0.1, 0.15) is 0 Å². The van der Waals surface area contributed by atoms with Crippen molar-refractivity contribution in [3.63, 3.8) is 0 Å². The van der Waals surface area contributed by atoms with E-state index in [9.17, 15) is 5.11 Å². The molecular formula is C13H21NO. The van der Waals surface area contributed by atoms with Crippen LogP contribution in [0.5, 0.6) is 0 Å². The maximum atomic E-state index is 9.28. The van der Waals surface area contributed by atoms with E-state index in [1.165, 1.54) is 5.56 Å². The summed E-state index contributed by atoms with van der Waals surface area (Å²) in [7, 11) is 0. The Bertz CT molecular complexity index is 305. The molecule has 0 aromatic heterocycles. The second-order valence-electron chi connectivity index (χ2n) is 4.55. The molecule has 2 heteroatoms. The smallest absolute Gasteiger partial charge is 0.0501 e. The SMILES string of the molecule is CCC(C)(CO)CNc1cccc(C)c1. The van der Waals surface area contributed by atoms with Crippen molar-refractivity contribution in [2.75, 3.05) is 18.5 Å². The second-order valence-corrected chi connectivity index (χ2v) is 4.55. The standard InChI is InChI=1S/C13H21NO/c1-4-13(3,10-15)9-14-12-7-5-6-11(2)8-12/h5-8,14-15H,4,9-10H2,1-3H3. The lowest BCUT2D eigenvalue weighted by atomic mass is 9.88. The average Bonchev–Trinajstić information content (AvgIpc) is 2.26. The summed E-state index contributed by atoms with van der Waals surface area (Å²) in [6.07, 6.45) is 0.975.